The van der Waals surface area contributed by atoms with Crippen molar-refractivity contribution in [3.05, 3.63) is 77.7 Å². The van der Waals surface area contributed by atoms with E-state index < -0.39 is 0 Å². The van der Waals surface area contributed by atoms with Gasteiger partial charge >= 0.3 is 0 Å². The predicted octanol–water partition coefficient (Wildman–Crippen LogP) is 4.51. The monoisotopic (exact) mass is 314 g/mol. The van der Waals surface area contributed by atoms with Gasteiger partial charge in [-0.15, -0.1) is 0 Å². The summed E-state index contributed by atoms with van der Waals surface area (Å²) in [5.41, 5.74) is 3.01. The molecule has 0 bridgehead atoms. The maximum Gasteiger partial charge on any atom is 0.0717 e. The number of pyridine rings is 1. The van der Waals surface area contributed by atoms with Crippen LogP contribution in [0.1, 0.15) is 5.69 Å². The number of hydrogen-bond acceptors (Lipinski definition) is 2. The van der Waals surface area contributed by atoms with Gasteiger partial charge in [-0.05, 0) is 40.2 Å². The van der Waals surface area contributed by atoms with Crippen LogP contribution in [0.15, 0.2) is 72.0 Å². The number of rotatable bonds is 4. The van der Waals surface area contributed by atoms with Gasteiger partial charge in [0.2, 0.25) is 0 Å². The topological polar surface area (TPSA) is 16.1 Å². The van der Waals surface area contributed by atoms with Crippen molar-refractivity contribution in [2.75, 3.05) is 11.9 Å². The summed E-state index contributed by atoms with van der Waals surface area (Å²) in [5, 5.41) is 0. The summed E-state index contributed by atoms with van der Waals surface area (Å²) < 4.78 is 0.969. The molecule has 2 rings (SSSR count). The smallest absolute Gasteiger partial charge is 0.0717 e. The van der Waals surface area contributed by atoms with Crippen LogP contribution in [-0.2, 0) is 0 Å². The second-order valence-corrected chi connectivity index (χ2v) is 5.01. The normalized spacial score (nSPS) is 11.2. The SMILES string of the molecule is C=CC(=CN(C)c1ccccc1)c1ccc(Br)cn1. The Labute approximate surface area is 122 Å². The zero-order chi connectivity index (χ0) is 13.7. The van der Waals surface area contributed by atoms with Gasteiger partial charge in [0, 0.05) is 35.2 Å². The van der Waals surface area contributed by atoms with E-state index in [1.807, 2.05) is 49.7 Å². The van der Waals surface area contributed by atoms with Crippen molar-refractivity contribution in [3.8, 4) is 0 Å². The van der Waals surface area contributed by atoms with E-state index >= 15 is 0 Å². The molecule has 0 spiro atoms. The summed E-state index contributed by atoms with van der Waals surface area (Å²) in [6.07, 6.45) is 5.63. The second-order valence-electron chi connectivity index (χ2n) is 4.10. The third-order valence-electron chi connectivity index (χ3n) is 2.74. The maximum absolute atomic E-state index is 4.38. The molecule has 0 aliphatic rings. The lowest BCUT2D eigenvalue weighted by Gasteiger charge is -2.15. The Kier molecular flexibility index (Phi) is 4.53. The Morgan fingerprint density at radius 2 is 1.95 bits per heavy atom. The molecule has 0 aliphatic heterocycles. The maximum atomic E-state index is 4.38. The van der Waals surface area contributed by atoms with Gasteiger partial charge in [-0.1, -0.05) is 30.9 Å². The summed E-state index contributed by atoms with van der Waals surface area (Å²) in [4.78, 5) is 6.44. The van der Waals surface area contributed by atoms with Gasteiger partial charge < -0.3 is 4.90 Å². The van der Waals surface area contributed by atoms with Crippen LogP contribution in [0.3, 0.4) is 0 Å². The average molecular weight is 315 g/mol. The summed E-state index contributed by atoms with van der Waals surface area (Å²) in [6, 6.07) is 14.1. The molecule has 0 aliphatic carbocycles. The fourth-order valence-corrected chi connectivity index (χ4v) is 1.95. The first-order valence-electron chi connectivity index (χ1n) is 5.95. The quantitative estimate of drug-likeness (QED) is 0.772. The van der Waals surface area contributed by atoms with Crippen LogP contribution in [0.2, 0.25) is 0 Å². The molecule has 1 aromatic heterocycles. The number of para-hydroxylation sites is 1. The van der Waals surface area contributed by atoms with Crippen molar-refractivity contribution in [3.63, 3.8) is 0 Å². The van der Waals surface area contributed by atoms with Gasteiger partial charge in [0.05, 0.1) is 5.69 Å². The highest BCUT2D eigenvalue weighted by Gasteiger charge is 2.02. The van der Waals surface area contributed by atoms with Crippen LogP contribution < -0.4 is 4.90 Å². The molecular weight excluding hydrogens is 300 g/mol. The van der Waals surface area contributed by atoms with Crippen LogP contribution in [0.25, 0.3) is 5.57 Å². The van der Waals surface area contributed by atoms with Gasteiger partial charge in [0.15, 0.2) is 0 Å². The van der Waals surface area contributed by atoms with Crippen LogP contribution in [0.5, 0.6) is 0 Å². The molecule has 3 heteroatoms. The molecule has 1 heterocycles. The predicted molar refractivity (Wildman–Crippen MR) is 85.0 cm³/mol. The summed E-state index contributed by atoms with van der Waals surface area (Å²) in [7, 11) is 2.01. The largest absolute Gasteiger partial charge is 0.350 e. The standard InChI is InChI=1S/C16H15BrN2/c1-3-13(16-10-9-14(17)11-18-16)12-19(2)15-7-5-4-6-8-15/h3-12H,1H2,2H3. The number of halogens is 1. The minimum absolute atomic E-state index is 0.904. The number of anilines is 1. The third-order valence-corrected chi connectivity index (χ3v) is 3.21. The highest BCUT2D eigenvalue weighted by molar-refractivity contribution is 9.10. The van der Waals surface area contributed by atoms with Crippen LogP contribution in [0.4, 0.5) is 5.69 Å². The Bertz CT molecular complexity index is 573. The average Bonchev–Trinajstić information content (AvgIpc) is 2.46. The van der Waals surface area contributed by atoms with Crippen molar-refractivity contribution >= 4 is 27.2 Å². The zero-order valence-corrected chi connectivity index (χ0v) is 12.3. The first-order valence-corrected chi connectivity index (χ1v) is 6.74. The van der Waals surface area contributed by atoms with E-state index in [9.17, 15) is 0 Å². The van der Waals surface area contributed by atoms with E-state index in [-0.39, 0.29) is 0 Å². The zero-order valence-electron chi connectivity index (χ0n) is 10.8. The lowest BCUT2D eigenvalue weighted by atomic mass is 10.2. The fraction of sp³-hybridized carbons (Fsp3) is 0.0625. The summed E-state index contributed by atoms with van der Waals surface area (Å²) >= 11 is 3.39. The molecule has 0 fully saturated rings. The van der Waals surface area contributed by atoms with Crippen LogP contribution in [-0.4, -0.2) is 12.0 Å². The number of aromatic nitrogens is 1. The molecule has 0 radical (unpaired) electrons. The van der Waals surface area contributed by atoms with Gasteiger partial charge in [-0.3, -0.25) is 4.98 Å². The Morgan fingerprint density at radius 1 is 1.21 bits per heavy atom. The van der Waals surface area contributed by atoms with Crippen molar-refractivity contribution in [2.24, 2.45) is 0 Å². The number of allylic oxidation sites excluding steroid dienone is 2. The van der Waals surface area contributed by atoms with Crippen molar-refractivity contribution in [2.45, 2.75) is 0 Å². The van der Waals surface area contributed by atoms with E-state index in [2.05, 4.69) is 44.5 Å². The molecule has 0 saturated carbocycles. The molecule has 0 unspecified atom stereocenters. The van der Waals surface area contributed by atoms with E-state index in [4.69, 9.17) is 0 Å². The Balaban J connectivity index is 2.29. The molecule has 0 atom stereocenters. The van der Waals surface area contributed by atoms with E-state index in [0.29, 0.717) is 0 Å². The second kappa shape index (κ2) is 6.34. The highest BCUT2D eigenvalue weighted by atomic mass is 79.9. The third kappa shape index (κ3) is 3.55. The molecule has 2 nitrogen and oxygen atoms in total. The van der Waals surface area contributed by atoms with Crippen LogP contribution >= 0.6 is 15.9 Å². The van der Waals surface area contributed by atoms with E-state index in [1.54, 1.807) is 6.20 Å². The minimum Gasteiger partial charge on any atom is -0.350 e. The molecule has 2 aromatic rings. The molecule has 0 saturated heterocycles. The number of hydrogen-bond donors (Lipinski definition) is 0. The first kappa shape index (κ1) is 13.6. The molecule has 1 aromatic carbocycles. The Morgan fingerprint density at radius 3 is 2.53 bits per heavy atom. The van der Waals surface area contributed by atoms with Crippen LogP contribution in [0, 0.1) is 0 Å². The number of nitrogens with zero attached hydrogens (tertiary/aromatic N) is 2. The van der Waals surface area contributed by atoms with E-state index in [1.165, 1.54) is 0 Å². The molecule has 19 heavy (non-hydrogen) atoms. The van der Waals surface area contributed by atoms with Gasteiger partial charge in [-0.2, -0.15) is 0 Å². The molecule has 0 N–H and O–H groups in total. The first-order chi connectivity index (χ1) is 9.20. The fourth-order valence-electron chi connectivity index (χ4n) is 1.72. The lowest BCUT2D eigenvalue weighted by molar-refractivity contribution is 1.19. The van der Waals surface area contributed by atoms with Crippen molar-refractivity contribution in [1.82, 2.24) is 4.98 Å². The minimum atomic E-state index is 0.904. The van der Waals surface area contributed by atoms with Gasteiger partial charge in [0.1, 0.15) is 0 Å². The summed E-state index contributed by atoms with van der Waals surface area (Å²) in [6.45, 7) is 3.86. The molecular formula is C16H15BrN2. The van der Waals surface area contributed by atoms with Gasteiger partial charge in [0.25, 0.3) is 0 Å². The summed E-state index contributed by atoms with van der Waals surface area (Å²) in [5.74, 6) is 0. The lowest BCUT2D eigenvalue weighted by Crippen LogP contribution is -2.08. The molecule has 0 amide bonds. The highest BCUT2D eigenvalue weighted by Crippen LogP contribution is 2.19. The number of benzene rings is 1. The van der Waals surface area contributed by atoms with Crippen molar-refractivity contribution in [1.29, 1.82) is 0 Å². The van der Waals surface area contributed by atoms with Crippen molar-refractivity contribution < 1.29 is 0 Å². The van der Waals surface area contributed by atoms with E-state index in [0.717, 1.165) is 21.4 Å². The molecule has 96 valence electrons. The van der Waals surface area contributed by atoms with Gasteiger partial charge in [-0.25, -0.2) is 0 Å². The Hall–Kier alpha value is -1.87.